The number of aromatic nitrogens is 3. The van der Waals surface area contributed by atoms with Crippen molar-refractivity contribution in [3.63, 3.8) is 0 Å². The van der Waals surface area contributed by atoms with Crippen LogP contribution in [0.15, 0.2) is 30.7 Å². The van der Waals surface area contributed by atoms with E-state index in [0.717, 1.165) is 43.7 Å². The number of hydrogen-bond donors (Lipinski definition) is 2. The Bertz CT molecular complexity index is 766. The van der Waals surface area contributed by atoms with E-state index in [-0.39, 0.29) is 5.91 Å². The van der Waals surface area contributed by atoms with Crippen LogP contribution in [0, 0.1) is 12.8 Å². The van der Waals surface area contributed by atoms with E-state index in [4.69, 9.17) is 0 Å². The SMILES string of the molecule is Cc1c(C(=O)N2CCC(C3NNCC3c3ccncc3)CC2)cnn1C. The molecule has 2 fully saturated rings. The van der Waals surface area contributed by atoms with Gasteiger partial charge in [0, 0.05) is 56.7 Å². The van der Waals surface area contributed by atoms with Crippen molar-refractivity contribution in [3.05, 3.63) is 47.5 Å². The number of piperidine rings is 1. The lowest BCUT2D eigenvalue weighted by atomic mass is 9.80. The van der Waals surface area contributed by atoms with E-state index in [1.807, 2.05) is 31.3 Å². The maximum atomic E-state index is 12.8. The number of hydrogen-bond acceptors (Lipinski definition) is 5. The van der Waals surface area contributed by atoms with Crippen molar-refractivity contribution in [2.24, 2.45) is 13.0 Å². The first-order valence-electron chi connectivity index (χ1n) is 9.31. The first kappa shape index (κ1) is 17.2. The summed E-state index contributed by atoms with van der Waals surface area (Å²) in [4.78, 5) is 18.9. The molecule has 2 aliphatic rings. The molecule has 4 rings (SSSR count). The van der Waals surface area contributed by atoms with E-state index in [0.29, 0.717) is 17.9 Å². The first-order chi connectivity index (χ1) is 12.6. The number of hydrazine groups is 1. The van der Waals surface area contributed by atoms with Gasteiger partial charge in [-0.05, 0) is 43.4 Å². The van der Waals surface area contributed by atoms with Gasteiger partial charge in [-0.25, -0.2) is 0 Å². The standard InChI is InChI=1S/C19H26N6O/c1-13-16(12-22-24(13)2)19(26)25-9-5-15(6-10-25)18-17(11-21-23-18)14-3-7-20-8-4-14/h3-4,7-8,12,15,17-18,21,23H,5-6,9-11H2,1-2H3. The number of carbonyl (C=O) groups excluding carboxylic acids is 1. The molecule has 2 aromatic rings. The maximum absolute atomic E-state index is 12.8. The molecule has 26 heavy (non-hydrogen) atoms. The second-order valence-corrected chi connectivity index (χ2v) is 7.33. The lowest BCUT2D eigenvalue weighted by Gasteiger charge is -2.36. The molecule has 0 aliphatic carbocycles. The minimum absolute atomic E-state index is 0.109. The van der Waals surface area contributed by atoms with Crippen LogP contribution in [0.5, 0.6) is 0 Å². The highest BCUT2D eigenvalue weighted by Gasteiger charge is 2.37. The highest BCUT2D eigenvalue weighted by molar-refractivity contribution is 5.95. The molecule has 2 N–H and O–H groups in total. The first-order valence-corrected chi connectivity index (χ1v) is 9.31. The number of nitrogens with zero attached hydrogens (tertiary/aromatic N) is 4. The monoisotopic (exact) mass is 354 g/mol. The average Bonchev–Trinajstić information content (AvgIpc) is 3.30. The van der Waals surface area contributed by atoms with E-state index in [1.165, 1.54) is 5.56 Å². The highest BCUT2D eigenvalue weighted by Crippen LogP contribution is 2.32. The molecule has 0 bridgehead atoms. The smallest absolute Gasteiger partial charge is 0.257 e. The number of likely N-dealkylation sites (tertiary alicyclic amines) is 1. The molecule has 4 heterocycles. The zero-order valence-corrected chi connectivity index (χ0v) is 15.4. The van der Waals surface area contributed by atoms with Crippen molar-refractivity contribution in [1.82, 2.24) is 30.5 Å². The van der Waals surface area contributed by atoms with Gasteiger partial charge in [0.25, 0.3) is 5.91 Å². The molecule has 7 heteroatoms. The fraction of sp³-hybridized carbons (Fsp3) is 0.526. The van der Waals surface area contributed by atoms with Crippen LogP contribution in [0.25, 0.3) is 0 Å². The zero-order valence-electron chi connectivity index (χ0n) is 15.4. The summed E-state index contributed by atoms with van der Waals surface area (Å²) in [6.45, 7) is 4.49. The van der Waals surface area contributed by atoms with E-state index in [1.54, 1.807) is 10.9 Å². The Kier molecular flexibility index (Phi) is 4.74. The Labute approximate surface area is 153 Å². The van der Waals surface area contributed by atoms with Crippen LogP contribution < -0.4 is 10.9 Å². The number of aryl methyl sites for hydroxylation is 1. The van der Waals surface area contributed by atoms with Crippen molar-refractivity contribution in [2.75, 3.05) is 19.6 Å². The Balaban J connectivity index is 1.40. The molecule has 0 saturated carbocycles. The highest BCUT2D eigenvalue weighted by atomic mass is 16.2. The maximum Gasteiger partial charge on any atom is 0.257 e. The van der Waals surface area contributed by atoms with Gasteiger partial charge in [0.2, 0.25) is 0 Å². The van der Waals surface area contributed by atoms with Gasteiger partial charge in [0.05, 0.1) is 11.8 Å². The summed E-state index contributed by atoms with van der Waals surface area (Å²) in [5, 5.41) is 4.20. The molecule has 0 spiro atoms. The second-order valence-electron chi connectivity index (χ2n) is 7.33. The minimum atomic E-state index is 0.109. The van der Waals surface area contributed by atoms with Crippen LogP contribution in [-0.2, 0) is 7.05 Å². The number of amides is 1. The van der Waals surface area contributed by atoms with Gasteiger partial charge >= 0.3 is 0 Å². The van der Waals surface area contributed by atoms with Gasteiger partial charge in [-0.1, -0.05) is 0 Å². The van der Waals surface area contributed by atoms with Gasteiger partial charge in [0.15, 0.2) is 0 Å². The molecule has 0 aromatic carbocycles. The van der Waals surface area contributed by atoms with E-state index in [2.05, 4.69) is 33.1 Å². The topological polar surface area (TPSA) is 75.1 Å². The molecule has 2 aliphatic heterocycles. The van der Waals surface area contributed by atoms with Crippen LogP contribution >= 0.6 is 0 Å². The van der Waals surface area contributed by atoms with E-state index in [9.17, 15) is 4.79 Å². The van der Waals surface area contributed by atoms with Crippen LogP contribution in [-0.4, -0.2) is 51.2 Å². The summed E-state index contributed by atoms with van der Waals surface area (Å²) in [7, 11) is 1.87. The average molecular weight is 354 g/mol. The fourth-order valence-electron chi connectivity index (χ4n) is 4.24. The van der Waals surface area contributed by atoms with Crippen molar-refractivity contribution >= 4 is 5.91 Å². The normalized spacial score (nSPS) is 24.2. The molecule has 2 unspecified atom stereocenters. The van der Waals surface area contributed by atoms with Crippen molar-refractivity contribution in [3.8, 4) is 0 Å². The number of rotatable bonds is 3. The lowest BCUT2D eigenvalue weighted by molar-refractivity contribution is 0.0669. The molecule has 138 valence electrons. The quantitative estimate of drug-likeness (QED) is 0.867. The van der Waals surface area contributed by atoms with Gasteiger partial charge in [-0.2, -0.15) is 5.10 Å². The summed E-state index contributed by atoms with van der Waals surface area (Å²) < 4.78 is 1.76. The Morgan fingerprint density at radius 3 is 2.62 bits per heavy atom. The van der Waals surface area contributed by atoms with Crippen LogP contribution in [0.4, 0.5) is 0 Å². The minimum Gasteiger partial charge on any atom is -0.339 e. The molecule has 2 aromatic heterocycles. The van der Waals surface area contributed by atoms with Gasteiger partial charge in [0.1, 0.15) is 0 Å². The summed E-state index contributed by atoms with van der Waals surface area (Å²) in [5.41, 5.74) is 9.78. The van der Waals surface area contributed by atoms with E-state index < -0.39 is 0 Å². The van der Waals surface area contributed by atoms with Crippen LogP contribution in [0.1, 0.15) is 40.4 Å². The van der Waals surface area contributed by atoms with Crippen LogP contribution in [0.2, 0.25) is 0 Å². The van der Waals surface area contributed by atoms with Gasteiger partial charge < -0.3 is 4.90 Å². The predicted molar refractivity (Wildman–Crippen MR) is 98.5 cm³/mol. The molecule has 0 radical (unpaired) electrons. The number of pyridine rings is 1. The molecule has 2 atom stereocenters. The summed E-state index contributed by atoms with van der Waals surface area (Å²) in [6, 6.07) is 4.61. The Hall–Kier alpha value is -2.25. The van der Waals surface area contributed by atoms with Crippen molar-refractivity contribution in [2.45, 2.75) is 31.7 Å². The summed E-state index contributed by atoms with van der Waals surface area (Å²) in [5.74, 6) is 1.12. The van der Waals surface area contributed by atoms with Crippen molar-refractivity contribution < 1.29 is 4.79 Å². The molecular weight excluding hydrogens is 328 g/mol. The predicted octanol–water partition coefficient (Wildman–Crippen LogP) is 1.24. The molecule has 1 amide bonds. The number of nitrogens with one attached hydrogen (secondary N) is 2. The van der Waals surface area contributed by atoms with Gasteiger partial charge in [-0.3, -0.25) is 25.3 Å². The summed E-state index contributed by atoms with van der Waals surface area (Å²) >= 11 is 0. The molecule has 2 saturated heterocycles. The van der Waals surface area contributed by atoms with Crippen molar-refractivity contribution in [1.29, 1.82) is 0 Å². The summed E-state index contributed by atoms with van der Waals surface area (Å²) in [6.07, 6.45) is 7.45. The molecular formula is C19H26N6O. The third kappa shape index (κ3) is 3.12. The zero-order chi connectivity index (χ0) is 18.1. The Morgan fingerprint density at radius 2 is 1.96 bits per heavy atom. The number of carbonyl (C=O) groups is 1. The van der Waals surface area contributed by atoms with Gasteiger partial charge in [-0.15, -0.1) is 0 Å². The fourth-order valence-corrected chi connectivity index (χ4v) is 4.24. The lowest BCUT2D eigenvalue weighted by Crippen LogP contribution is -2.45. The van der Waals surface area contributed by atoms with E-state index >= 15 is 0 Å². The second kappa shape index (κ2) is 7.17. The Morgan fingerprint density at radius 1 is 1.23 bits per heavy atom. The van der Waals surface area contributed by atoms with Crippen LogP contribution in [0.3, 0.4) is 0 Å². The largest absolute Gasteiger partial charge is 0.339 e. The third-order valence-electron chi connectivity index (χ3n) is 5.96. The third-order valence-corrected chi connectivity index (χ3v) is 5.96. The molecule has 7 nitrogen and oxygen atoms in total.